The highest BCUT2D eigenvalue weighted by Gasteiger charge is 2.26. The molecule has 1 fully saturated rings. The van der Waals surface area contributed by atoms with Gasteiger partial charge < -0.3 is 15.0 Å². The Labute approximate surface area is 113 Å². The first-order valence-electron chi connectivity index (χ1n) is 7.59. The first-order chi connectivity index (χ1) is 8.52. The van der Waals surface area contributed by atoms with Crippen LogP contribution in [-0.4, -0.2) is 49.8 Å². The van der Waals surface area contributed by atoms with Crippen molar-refractivity contribution >= 4 is 0 Å². The summed E-state index contributed by atoms with van der Waals surface area (Å²) in [7, 11) is 2.21. The van der Waals surface area contributed by atoms with E-state index in [1.165, 1.54) is 19.3 Å². The standard InChI is InChI=1S/C15H32N2O/c1-6-13(4)17(5)11-15-8-7-14(18-15)10-16-9-12(2)3/h12-16H,6-11H2,1-5H3. The van der Waals surface area contributed by atoms with Crippen molar-refractivity contribution in [3.63, 3.8) is 0 Å². The van der Waals surface area contributed by atoms with E-state index in [0.29, 0.717) is 18.2 Å². The Morgan fingerprint density at radius 2 is 1.89 bits per heavy atom. The van der Waals surface area contributed by atoms with E-state index in [2.05, 4.69) is 45.0 Å². The molecule has 0 spiro atoms. The van der Waals surface area contributed by atoms with Crippen LogP contribution in [0.5, 0.6) is 0 Å². The van der Waals surface area contributed by atoms with E-state index in [4.69, 9.17) is 4.74 Å². The van der Waals surface area contributed by atoms with Crippen molar-refractivity contribution in [2.45, 2.75) is 65.2 Å². The SMILES string of the molecule is CCC(C)N(C)CC1CCC(CNCC(C)C)O1. The van der Waals surface area contributed by atoms with Gasteiger partial charge in [-0.25, -0.2) is 0 Å². The van der Waals surface area contributed by atoms with Gasteiger partial charge in [0.05, 0.1) is 12.2 Å². The molecule has 1 aliphatic heterocycles. The van der Waals surface area contributed by atoms with Crippen molar-refractivity contribution in [1.29, 1.82) is 0 Å². The van der Waals surface area contributed by atoms with Crippen molar-refractivity contribution in [2.24, 2.45) is 5.92 Å². The van der Waals surface area contributed by atoms with Crippen LogP contribution < -0.4 is 5.32 Å². The van der Waals surface area contributed by atoms with Gasteiger partial charge in [0.15, 0.2) is 0 Å². The van der Waals surface area contributed by atoms with Crippen LogP contribution in [0.2, 0.25) is 0 Å². The molecule has 3 nitrogen and oxygen atoms in total. The van der Waals surface area contributed by atoms with Gasteiger partial charge >= 0.3 is 0 Å². The minimum Gasteiger partial charge on any atom is -0.372 e. The fourth-order valence-electron chi connectivity index (χ4n) is 2.41. The monoisotopic (exact) mass is 256 g/mol. The smallest absolute Gasteiger partial charge is 0.0707 e. The molecule has 1 aliphatic rings. The van der Waals surface area contributed by atoms with E-state index in [1.54, 1.807) is 0 Å². The number of ether oxygens (including phenoxy) is 1. The van der Waals surface area contributed by atoms with Crippen molar-refractivity contribution < 1.29 is 4.74 Å². The molecule has 1 N–H and O–H groups in total. The summed E-state index contributed by atoms with van der Waals surface area (Å²) in [6, 6.07) is 0.659. The van der Waals surface area contributed by atoms with Gasteiger partial charge in [0.25, 0.3) is 0 Å². The van der Waals surface area contributed by atoms with Gasteiger partial charge in [-0.05, 0) is 45.7 Å². The lowest BCUT2D eigenvalue weighted by atomic mass is 10.1. The molecule has 108 valence electrons. The Kier molecular flexibility index (Phi) is 7.20. The maximum Gasteiger partial charge on any atom is 0.0707 e. The Morgan fingerprint density at radius 3 is 2.50 bits per heavy atom. The minimum absolute atomic E-state index is 0.430. The van der Waals surface area contributed by atoms with Gasteiger partial charge in [-0.1, -0.05) is 20.8 Å². The van der Waals surface area contributed by atoms with E-state index in [-0.39, 0.29) is 0 Å². The Morgan fingerprint density at radius 1 is 1.22 bits per heavy atom. The molecular formula is C15H32N2O. The molecule has 0 aromatic rings. The third-order valence-corrected chi connectivity index (χ3v) is 3.95. The first kappa shape index (κ1) is 15.9. The van der Waals surface area contributed by atoms with Crippen molar-refractivity contribution in [3.05, 3.63) is 0 Å². The van der Waals surface area contributed by atoms with Crippen LogP contribution in [0.3, 0.4) is 0 Å². The number of nitrogens with zero attached hydrogens (tertiary/aromatic N) is 1. The maximum atomic E-state index is 6.10. The molecule has 0 amide bonds. The predicted octanol–water partition coefficient (Wildman–Crippen LogP) is 2.51. The zero-order valence-corrected chi connectivity index (χ0v) is 12.9. The molecule has 0 radical (unpaired) electrons. The van der Waals surface area contributed by atoms with Crippen LogP contribution in [0, 0.1) is 5.92 Å². The van der Waals surface area contributed by atoms with Crippen LogP contribution >= 0.6 is 0 Å². The average molecular weight is 256 g/mol. The van der Waals surface area contributed by atoms with Crippen LogP contribution in [0.4, 0.5) is 0 Å². The molecule has 0 aromatic heterocycles. The van der Waals surface area contributed by atoms with Crippen LogP contribution in [-0.2, 0) is 4.74 Å². The summed E-state index contributed by atoms with van der Waals surface area (Å²) >= 11 is 0. The molecule has 1 heterocycles. The summed E-state index contributed by atoms with van der Waals surface area (Å²) < 4.78 is 6.10. The summed E-state index contributed by atoms with van der Waals surface area (Å²) in [5.74, 6) is 0.721. The first-order valence-corrected chi connectivity index (χ1v) is 7.59. The summed E-state index contributed by atoms with van der Waals surface area (Å²) in [6.45, 7) is 12.2. The number of likely N-dealkylation sites (N-methyl/N-ethyl adjacent to an activating group) is 1. The zero-order valence-electron chi connectivity index (χ0n) is 12.9. The van der Waals surface area contributed by atoms with Gasteiger partial charge in [-0.3, -0.25) is 0 Å². The summed E-state index contributed by atoms with van der Waals surface area (Å²) in [5.41, 5.74) is 0. The molecule has 3 heteroatoms. The lowest BCUT2D eigenvalue weighted by Crippen LogP contribution is -2.36. The highest BCUT2D eigenvalue weighted by atomic mass is 16.5. The molecule has 0 saturated carbocycles. The quantitative estimate of drug-likeness (QED) is 0.722. The van der Waals surface area contributed by atoms with Gasteiger partial charge in [-0.15, -0.1) is 0 Å². The normalized spacial score (nSPS) is 26.2. The third-order valence-electron chi connectivity index (χ3n) is 3.95. The minimum atomic E-state index is 0.430. The molecule has 0 aliphatic carbocycles. The summed E-state index contributed by atoms with van der Waals surface area (Å²) in [6.07, 6.45) is 4.51. The van der Waals surface area contributed by atoms with Gasteiger partial charge in [-0.2, -0.15) is 0 Å². The second kappa shape index (κ2) is 8.13. The second-order valence-electron chi connectivity index (χ2n) is 6.21. The molecule has 0 bridgehead atoms. The highest BCUT2D eigenvalue weighted by molar-refractivity contribution is 4.78. The van der Waals surface area contributed by atoms with Gasteiger partial charge in [0.2, 0.25) is 0 Å². The van der Waals surface area contributed by atoms with Crippen molar-refractivity contribution in [3.8, 4) is 0 Å². The van der Waals surface area contributed by atoms with E-state index in [1.807, 2.05) is 0 Å². The predicted molar refractivity (Wildman–Crippen MR) is 78.0 cm³/mol. The Hall–Kier alpha value is -0.120. The topological polar surface area (TPSA) is 24.5 Å². The van der Waals surface area contributed by atoms with Crippen molar-refractivity contribution in [1.82, 2.24) is 10.2 Å². The molecule has 0 aromatic carbocycles. The fraction of sp³-hybridized carbons (Fsp3) is 1.00. The van der Waals surface area contributed by atoms with Gasteiger partial charge in [0.1, 0.15) is 0 Å². The van der Waals surface area contributed by atoms with E-state index >= 15 is 0 Å². The molecule has 1 saturated heterocycles. The number of rotatable bonds is 8. The molecular weight excluding hydrogens is 224 g/mol. The lowest BCUT2D eigenvalue weighted by Gasteiger charge is -2.26. The molecule has 1 rings (SSSR count). The molecule has 18 heavy (non-hydrogen) atoms. The van der Waals surface area contributed by atoms with E-state index in [0.717, 1.165) is 25.6 Å². The fourth-order valence-corrected chi connectivity index (χ4v) is 2.41. The maximum absolute atomic E-state index is 6.10. The third kappa shape index (κ3) is 5.68. The summed E-state index contributed by atoms with van der Waals surface area (Å²) in [4.78, 5) is 2.43. The van der Waals surface area contributed by atoms with Crippen LogP contribution in [0.15, 0.2) is 0 Å². The number of hydrogen-bond acceptors (Lipinski definition) is 3. The van der Waals surface area contributed by atoms with Gasteiger partial charge in [0, 0.05) is 19.1 Å². The van der Waals surface area contributed by atoms with Crippen LogP contribution in [0.1, 0.15) is 47.0 Å². The number of hydrogen-bond donors (Lipinski definition) is 1. The average Bonchev–Trinajstić information content (AvgIpc) is 2.75. The van der Waals surface area contributed by atoms with Crippen molar-refractivity contribution in [2.75, 3.05) is 26.7 Å². The Balaban J connectivity index is 2.16. The highest BCUT2D eigenvalue weighted by Crippen LogP contribution is 2.20. The Bertz CT molecular complexity index is 221. The van der Waals surface area contributed by atoms with E-state index < -0.39 is 0 Å². The number of nitrogens with one attached hydrogen (secondary N) is 1. The zero-order chi connectivity index (χ0) is 13.5. The van der Waals surface area contributed by atoms with E-state index in [9.17, 15) is 0 Å². The second-order valence-corrected chi connectivity index (χ2v) is 6.21. The molecule has 3 atom stereocenters. The summed E-state index contributed by atoms with van der Waals surface area (Å²) in [5, 5.41) is 3.50. The lowest BCUT2D eigenvalue weighted by molar-refractivity contribution is 0.0214. The molecule has 3 unspecified atom stereocenters. The van der Waals surface area contributed by atoms with Crippen LogP contribution in [0.25, 0.3) is 0 Å². The largest absolute Gasteiger partial charge is 0.372 e.